The molecule has 0 saturated carbocycles. The van der Waals surface area contributed by atoms with Gasteiger partial charge in [-0.3, -0.25) is 4.79 Å². The number of para-hydroxylation sites is 2. The Kier molecular flexibility index (Phi) is 5.73. The molecule has 2 aliphatic rings. The summed E-state index contributed by atoms with van der Waals surface area (Å²) in [6.45, 7) is 0. The molecule has 6 heteroatoms. The molecule has 0 saturated heterocycles. The Morgan fingerprint density at radius 3 is 2.39 bits per heavy atom. The van der Waals surface area contributed by atoms with Crippen LogP contribution in [-0.4, -0.2) is 20.0 Å². The van der Waals surface area contributed by atoms with Gasteiger partial charge in [0.05, 0.1) is 31.6 Å². The summed E-state index contributed by atoms with van der Waals surface area (Å²) in [5.41, 5.74) is 5.40. The number of benzene rings is 3. The molecule has 2 atom stereocenters. The largest absolute Gasteiger partial charge is 0.497 e. The summed E-state index contributed by atoms with van der Waals surface area (Å²) in [7, 11) is 3.26. The fraction of sp³-hybridized carbons (Fsp3) is 0.222. The Hall–Kier alpha value is -3.44. The lowest BCUT2D eigenvalue weighted by atomic mass is 9.78. The third-order valence-corrected chi connectivity index (χ3v) is 6.75. The number of fused-ring (bicyclic) bond motifs is 1. The molecule has 0 fully saturated rings. The zero-order valence-electron chi connectivity index (χ0n) is 18.5. The average Bonchev–Trinajstić information content (AvgIpc) is 3.00. The van der Waals surface area contributed by atoms with Crippen LogP contribution in [0.4, 0.5) is 11.4 Å². The van der Waals surface area contributed by atoms with Crippen molar-refractivity contribution in [1.82, 2.24) is 0 Å². The number of hydrogen-bond acceptors (Lipinski definition) is 5. The lowest BCUT2D eigenvalue weighted by Crippen LogP contribution is -2.27. The molecule has 0 aromatic heterocycles. The third kappa shape index (κ3) is 3.93. The predicted molar refractivity (Wildman–Crippen MR) is 131 cm³/mol. The molecule has 5 rings (SSSR count). The topological polar surface area (TPSA) is 59.6 Å². The second kappa shape index (κ2) is 8.83. The maximum Gasteiger partial charge on any atom is 0.163 e. The van der Waals surface area contributed by atoms with Gasteiger partial charge in [0, 0.05) is 34.3 Å². The molecular weight excluding hydrogens is 436 g/mol. The second-order valence-electron chi connectivity index (χ2n) is 8.30. The molecule has 168 valence electrons. The van der Waals surface area contributed by atoms with Crippen LogP contribution in [-0.2, 0) is 4.79 Å². The Balaban J connectivity index is 1.64. The van der Waals surface area contributed by atoms with Crippen molar-refractivity contribution in [3.63, 3.8) is 0 Å². The normalized spacial score (nSPS) is 19.5. The summed E-state index contributed by atoms with van der Waals surface area (Å²) < 4.78 is 11.1. The van der Waals surface area contributed by atoms with Crippen molar-refractivity contribution in [3.05, 3.63) is 94.1 Å². The molecule has 3 aromatic rings. The van der Waals surface area contributed by atoms with Crippen molar-refractivity contribution in [2.75, 3.05) is 24.9 Å². The first-order valence-corrected chi connectivity index (χ1v) is 11.3. The highest BCUT2D eigenvalue weighted by molar-refractivity contribution is 6.31. The van der Waals surface area contributed by atoms with Crippen LogP contribution in [0.5, 0.6) is 11.5 Å². The Bertz CT molecular complexity index is 1250. The summed E-state index contributed by atoms with van der Waals surface area (Å²) in [5, 5.41) is 7.85. The van der Waals surface area contributed by atoms with E-state index in [2.05, 4.69) is 10.6 Å². The van der Waals surface area contributed by atoms with Crippen LogP contribution in [0, 0.1) is 0 Å². The molecule has 0 amide bonds. The van der Waals surface area contributed by atoms with E-state index < -0.39 is 0 Å². The number of rotatable bonds is 4. The van der Waals surface area contributed by atoms with Gasteiger partial charge in [0.15, 0.2) is 5.78 Å². The smallest absolute Gasteiger partial charge is 0.163 e. The minimum absolute atomic E-state index is 0.0149. The van der Waals surface area contributed by atoms with Gasteiger partial charge in [-0.15, -0.1) is 0 Å². The molecule has 1 heterocycles. The third-order valence-electron chi connectivity index (χ3n) is 6.41. The van der Waals surface area contributed by atoms with Gasteiger partial charge in [0.2, 0.25) is 0 Å². The van der Waals surface area contributed by atoms with Crippen LogP contribution >= 0.6 is 11.6 Å². The van der Waals surface area contributed by atoms with Gasteiger partial charge in [-0.05, 0) is 48.2 Å². The minimum Gasteiger partial charge on any atom is -0.497 e. The van der Waals surface area contributed by atoms with Gasteiger partial charge in [-0.25, -0.2) is 0 Å². The predicted octanol–water partition coefficient (Wildman–Crippen LogP) is 6.34. The van der Waals surface area contributed by atoms with Crippen molar-refractivity contribution in [3.8, 4) is 11.5 Å². The highest BCUT2D eigenvalue weighted by Crippen LogP contribution is 2.46. The molecule has 0 unspecified atom stereocenters. The molecule has 0 bridgehead atoms. The summed E-state index contributed by atoms with van der Waals surface area (Å²) in [4.78, 5) is 13.7. The molecular formula is C27H25ClN2O3. The van der Waals surface area contributed by atoms with E-state index in [-0.39, 0.29) is 17.7 Å². The number of allylic oxidation sites excluding steroid dienone is 1. The van der Waals surface area contributed by atoms with Crippen LogP contribution in [0.1, 0.15) is 35.9 Å². The van der Waals surface area contributed by atoms with E-state index >= 15 is 0 Å². The van der Waals surface area contributed by atoms with Crippen molar-refractivity contribution in [2.45, 2.75) is 24.8 Å². The van der Waals surface area contributed by atoms with Crippen molar-refractivity contribution in [2.24, 2.45) is 0 Å². The van der Waals surface area contributed by atoms with E-state index in [0.717, 1.165) is 33.8 Å². The number of anilines is 2. The number of hydrogen-bond donors (Lipinski definition) is 2. The summed E-state index contributed by atoms with van der Waals surface area (Å²) in [5.74, 6) is 1.47. The van der Waals surface area contributed by atoms with Crippen molar-refractivity contribution < 1.29 is 14.3 Å². The number of ketones is 1. The number of carbonyl (C=O) groups is 1. The average molecular weight is 461 g/mol. The molecule has 1 aliphatic carbocycles. The highest BCUT2D eigenvalue weighted by Gasteiger charge is 2.37. The molecule has 0 radical (unpaired) electrons. The lowest BCUT2D eigenvalue weighted by Gasteiger charge is -2.30. The zero-order chi connectivity index (χ0) is 22.9. The zero-order valence-corrected chi connectivity index (χ0v) is 19.3. The van der Waals surface area contributed by atoms with Gasteiger partial charge in [0.25, 0.3) is 0 Å². The Labute approximate surface area is 198 Å². The first-order chi connectivity index (χ1) is 16.1. The number of ether oxygens (including phenoxy) is 2. The number of nitrogens with one attached hydrogen (secondary N) is 2. The van der Waals surface area contributed by atoms with Gasteiger partial charge in [-0.1, -0.05) is 41.9 Å². The minimum atomic E-state index is -0.364. The quantitative estimate of drug-likeness (QED) is 0.476. The lowest BCUT2D eigenvalue weighted by molar-refractivity contribution is -0.116. The van der Waals surface area contributed by atoms with Crippen LogP contribution in [0.3, 0.4) is 0 Å². The monoisotopic (exact) mass is 460 g/mol. The van der Waals surface area contributed by atoms with E-state index in [0.29, 0.717) is 29.4 Å². The van der Waals surface area contributed by atoms with Gasteiger partial charge < -0.3 is 20.1 Å². The number of carbonyl (C=O) groups excluding carboxylic acids is 1. The van der Waals surface area contributed by atoms with E-state index in [1.165, 1.54) is 0 Å². The van der Waals surface area contributed by atoms with E-state index in [1.54, 1.807) is 14.2 Å². The van der Waals surface area contributed by atoms with E-state index in [1.807, 2.05) is 66.7 Å². The maximum atomic E-state index is 13.7. The van der Waals surface area contributed by atoms with Crippen molar-refractivity contribution >= 4 is 28.8 Å². The first kappa shape index (κ1) is 21.4. The van der Waals surface area contributed by atoms with Crippen LogP contribution < -0.4 is 20.1 Å². The summed E-state index contributed by atoms with van der Waals surface area (Å²) in [6, 6.07) is 21.1. The molecule has 3 aromatic carbocycles. The molecule has 33 heavy (non-hydrogen) atoms. The molecule has 1 aliphatic heterocycles. The van der Waals surface area contributed by atoms with E-state index in [9.17, 15) is 4.79 Å². The highest BCUT2D eigenvalue weighted by atomic mass is 35.5. The standard InChI is InChI=1S/C27H25ClN2O3/c1-32-17-11-12-19(25(15-17)33-2)27-26-23(29-21-9-5-6-10-22(21)30-27)13-16(14-24(26)31)18-7-3-4-8-20(18)28/h3-12,15-16,27,29-30H,13-14H2,1-2H3/t16-,27+/m1/s1. The number of methoxy groups -OCH3 is 2. The fourth-order valence-corrected chi connectivity index (χ4v) is 5.10. The van der Waals surface area contributed by atoms with Crippen LogP contribution in [0.2, 0.25) is 5.02 Å². The van der Waals surface area contributed by atoms with E-state index in [4.69, 9.17) is 21.1 Å². The Morgan fingerprint density at radius 2 is 1.64 bits per heavy atom. The number of Topliss-reactive ketones (excluding diaryl/α,β-unsaturated/α-hetero) is 1. The fourth-order valence-electron chi connectivity index (χ4n) is 4.81. The molecule has 2 N–H and O–H groups in total. The number of halogens is 1. The SMILES string of the molecule is COc1ccc([C@@H]2Nc3ccccc3NC3=C2C(=O)C[C@H](c2ccccc2Cl)C3)c(OC)c1. The summed E-state index contributed by atoms with van der Waals surface area (Å²) in [6.07, 6.45) is 1.09. The maximum absolute atomic E-state index is 13.7. The van der Waals surface area contributed by atoms with Crippen LogP contribution in [0.15, 0.2) is 78.0 Å². The van der Waals surface area contributed by atoms with Gasteiger partial charge in [-0.2, -0.15) is 0 Å². The molecule has 5 nitrogen and oxygen atoms in total. The Morgan fingerprint density at radius 1 is 0.879 bits per heavy atom. The first-order valence-electron chi connectivity index (χ1n) is 10.9. The molecule has 0 spiro atoms. The second-order valence-corrected chi connectivity index (χ2v) is 8.71. The summed E-state index contributed by atoms with van der Waals surface area (Å²) >= 11 is 6.50. The van der Waals surface area contributed by atoms with Gasteiger partial charge in [0.1, 0.15) is 11.5 Å². The van der Waals surface area contributed by atoms with Crippen LogP contribution in [0.25, 0.3) is 0 Å². The van der Waals surface area contributed by atoms with Crippen molar-refractivity contribution in [1.29, 1.82) is 0 Å². The van der Waals surface area contributed by atoms with Gasteiger partial charge >= 0.3 is 0 Å².